The highest BCUT2D eigenvalue weighted by atomic mass is 35.5. The molecule has 26 heavy (non-hydrogen) atoms. The van der Waals surface area contributed by atoms with Crippen LogP contribution in [0.5, 0.6) is 11.5 Å². The van der Waals surface area contributed by atoms with Crippen molar-refractivity contribution < 1.29 is 14.3 Å². The van der Waals surface area contributed by atoms with E-state index >= 15 is 0 Å². The molecule has 0 fully saturated rings. The number of nitrogens with one attached hydrogen (secondary N) is 1. The topological polar surface area (TPSA) is 60.5 Å². The lowest BCUT2D eigenvalue weighted by atomic mass is 10.1. The Kier molecular flexibility index (Phi) is 4.72. The van der Waals surface area contributed by atoms with Gasteiger partial charge in [0.1, 0.15) is 13.2 Å². The van der Waals surface area contributed by atoms with Gasteiger partial charge >= 0.3 is 0 Å². The molecule has 8 heteroatoms. The number of halogens is 2. The zero-order valence-corrected chi connectivity index (χ0v) is 15.6. The monoisotopic (exact) mass is 406 g/mol. The number of fused-ring (bicyclic) bond motifs is 1. The molecule has 0 atom stereocenters. The van der Waals surface area contributed by atoms with E-state index in [4.69, 9.17) is 32.7 Å². The number of carbonyl (C=O) groups is 1. The van der Waals surface area contributed by atoms with E-state index < -0.39 is 0 Å². The van der Waals surface area contributed by atoms with E-state index in [2.05, 4.69) is 10.3 Å². The molecule has 132 valence electrons. The van der Waals surface area contributed by atoms with Crippen LogP contribution in [0, 0.1) is 0 Å². The highest BCUT2D eigenvalue weighted by Crippen LogP contribution is 2.35. The van der Waals surface area contributed by atoms with Crippen LogP contribution < -0.4 is 14.8 Å². The summed E-state index contributed by atoms with van der Waals surface area (Å²) in [6.07, 6.45) is 0. The molecule has 0 saturated heterocycles. The van der Waals surface area contributed by atoms with Crippen LogP contribution in [0.4, 0.5) is 5.13 Å². The van der Waals surface area contributed by atoms with Gasteiger partial charge in [0.15, 0.2) is 16.6 Å². The van der Waals surface area contributed by atoms with E-state index in [1.807, 2.05) is 23.6 Å². The summed E-state index contributed by atoms with van der Waals surface area (Å²) in [5, 5.41) is 5.86. The van der Waals surface area contributed by atoms with E-state index in [9.17, 15) is 4.79 Å². The van der Waals surface area contributed by atoms with E-state index in [0.717, 1.165) is 17.0 Å². The Hall–Kier alpha value is -2.28. The van der Waals surface area contributed by atoms with Crippen molar-refractivity contribution in [2.24, 2.45) is 0 Å². The minimum absolute atomic E-state index is 0.299. The van der Waals surface area contributed by atoms with Crippen LogP contribution in [-0.2, 0) is 0 Å². The molecular formula is C18H12Cl2N2O3S. The van der Waals surface area contributed by atoms with Crippen LogP contribution in [0.2, 0.25) is 10.0 Å². The molecule has 0 saturated carbocycles. The molecule has 0 spiro atoms. The van der Waals surface area contributed by atoms with Gasteiger partial charge in [0.05, 0.1) is 15.7 Å². The van der Waals surface area contributed by atoms with Gasteiger partial charge < -0.3 is 9.47 Å². The number of hydrogen-bond acceptors (Lipinski definition) is 5. The maximum atomic E-state index is 12.3. The minimum Gasteiger partial charge on any atom is -0.486 e. The summed E-state index contributed by atoms with van der Waals surface area (Å²) in [5.41, 5.74) is 2.05. The fourth-order valence-corrected chi connectivity index (χ4v) is 3.49. The molecule has 0 unspecified atom stereocenters. The van der Waals surface area contributed by atoms with Gasteiger partial charge in [-0.25, -0.2) is 4.98 Å². The molecule has 2 aromatic carbocycles. The summed E-state index contributed by atoms with van der Waals surface area (Å²) in [5.74, 6) is 1.12. The van der Waals surface area contributed by atoms with Gasteiger partial charge in [-0.05, 0) is 36.4 Å². The first-order valence-electron chi connectivity index (χ1n) is 7.72. The van der Waals surface area contributed by atoms with Gasteiger partial charge in [0.25, 0.3) is 5.91 Å². The normalized spacial score (nSPS) is 12.7. The first-order valence-corrected chi connectivity index (χ1v) is 9.36. The third-order valence-electron chi connectivity index (χ3n) is 3.74. The number of rotatable bonds is 3. The first-order chi connectivity index (χ1) is 12.6. The van der Waals surface area contributed by atoms with Gasteiger partial charge in [-0.15, -0.1) is 11.3 Å². The summed E-state index contributed by atoms with van der Waals surface area (Å²) >= 11 is 13.2. The third kappa shape index (κ3) is 3.49. The summed E-state index contributed by atoms with van der Waals surface area (Å²) in [7, 11) is 0. The van der Waals surface area contributed by atoms with Crippen LogP contribution >= 0.6 is 34.5 Å². The standard InChI is InChI=1S/C18H12Cl2N2O3S/c19-12-3-1-11(7-13(12)20)17(23)22-18-21-14(9-26-18)10-2-4-15-16(8-10)25-6-5-24-15/h1-4,7-9H,5-6H2,(H,21,22,23). The zero-order valence-electron chi connectivity index (χ0n) is 13.3. The molecule has 1 N–H and O–H groups in total. The van der Waals surface area contributed by atoms with Gasteiger partial charge in [-0.3, -0.25) is 10.1 Å². The number of benzene rings is 2. The van der Waals surface area contributed by atoms with Crippen LogP contribution in [0.1, 0.15) is 10.4 Å². The summed E-state index contributed by atoms with van der Waals surface area (Å²) in [6, 6.07) is 10.4. The van der Waals surface area contributed by atoms with Crippen LogP contribution in [-0.4, -0.2) is 24.1 Å². The number of anilines is 1. The fraction of sp³-hybridized carbons (Fsp3) is 0.111. The van der Waals surface area contributed by atoms with Gasteiger partial charge in [0.2, 0.25) is 0 Å². The Balaban J connectivity index is 1.52. The molecule has 4 rings (SSSR count). The van der Waals surface area contributed by atoms with Crippen molar-refractivity contribution in [1.82, 2.24) is 4.98 Å². The Labute approximate surface area is 163 Å². The van der Waals surface area contributed by atoms with Crippen molar-refractivity contribution in [3.63, 3.8) is 0 Å². The van der Waals surface area contributed by atoms with E-state index in [-0.39, 0.29) is 5.91 Å². The Morgan fingerprint density at radius 2 is 1.85 bits per heavy atom. The summed E-state index contributed by atoms with van der Waals surface area (Å²) in [6.45, 7) is 1.08. The van der Waals surface area contributed by atoms with Gasteiger partial charge in [-0.1, -0.05) is 23.2 Å². The van der Waals surface area contributed by atoms with E-state index in [1.165, 1.54) is 17.4 Å². The van der Waals surface area contributed by atoms with Crippen molar-refractivity contribution in [2.45, 2.75) is 0 Å². The largest absolute Gasteiger partial charge is 0.486 e. The maximum Gasteiger partial charge on any atom is 0.257 e. The van der Waals surface area contributed by atoms with Crippen molar-refractivity contribution in [3.8, 4) is 22.8 Å². The molecule has 0 radical (unpaired) electrons. The highest BCUT2D eigenvalue weighted by Gasteiger charge is 2.15. The molecule has 3 aromatic rings. The van der Waals surface area contributed by atoms with E-state index in [0.29, 0.717) is 39.7 Å². The lowest BCUT2D eigenvalue weighted by molar-refractivity contribution is 0.102. The Bertz CT molecular complexity index is 990. The Morgan fingerprint density at radius 3 is 2.65 bits per heavy atom. The lowest BCUT2D eigenvalue weighted by Gasteiger charge is -2.18. The van der Waals surface area contributed by atoms with Crippen molar-refractivity contribution >= 4 is 45.6 Å². The van der Waals surface area contributed by atoms with Crippen molar-refractivity contribution in [3.05, 3.63) is 57.4 Å². The number of carbonyl (C=O) groups excluding carboxylic acids is 1. The molecule has 2 heterocycles. The molecule has 0 bridgehead atoms. The average molecular weight is 407 g/mol. The summed E-state index contributed by atoms with van der Waals surface area (Å²) in [4.78, 5) is 16.8. The van der Waals surface area contributed by atoms with Crippen molar-refractivity contribution in [1.29, 1.82) is 0 Å². The second-order valence-electron chi connectivity index (χ2n) is 5.48. The maximum absolute atomic E-state index is 12.3. The molecule has 1 aliphatic heterocycles. The minimum atomic E-state index is -0.299. The van der Waals surface area contributed by atoms with Crippen LogP contribution in [0.3, 0.4) is 0 Å². The van der Waals surface area contributed by atoms with Crippen LogP contribution in [0.25, 0.3) is 11.3 Å². The average Bonchev–Trinajstić information content (AvgIpc) is 3.12. The second kappa shape index (κ2) is 7.15. The summed E-state index contributed by atoms with van der Waals surface area (Å²) < 4.78 is 11.1. The quantitative estimate of drug-likeness (QED) is 0.653. The lowest BCUT2D eigenvalue weighted by Crippen LogP contribution is -2.15. The number of ether oxygens (including phenoxy) is 2. The van der Waals surface area contributed by atoms with E-state index in [1.54, 1.807) is 12.1 Å². The number of aromatic nitrogens is 1. The van der Waals surface area contributed by atoms with Crippen molar-refractivity contribution in [2.75, 3.05) is 18.5 Å². The molecule has 1 aromatic heterocycles. The van der Waals surface area contributed by atoms with Gasteiger partial charge in [0, 0.05) is 16.5 Å². The fourth-order valence-electron chi connectivity index (χ4n) is 2.47. The molecule has 1 amide bonds. The highest BCUT2D eigenvalue weighted by molar-refractivity contribution is 7.14. The molecule has 1 aliphatic rings. The predicted molar refractivity (Wildman–Crippen MR) is 103 cm³/mol. The number of nitrogens with zero attached hydrogens (tertiary/aromatic N) is 1. The third-order valence-corrected chi connectivity index (χ3v) is 5.24. The van der Waals surface area contributed by atoms with Crippen LogP contribution in [0.15, 0.2) is 41.8 Å². The smallest absolute Gasteiger partial charge is 0.257 e. The molecule has 0 aliphatic carbocycles. The second-order valence-corrected chi connectivity index (χ2v) is 7.15. The zero-order chi connectivity index (χ0) is 18.1. The predicted octanol–water partition coefficient (Wildman–Crippen LogP) is 5.14. The number of amides is 1. The molecule has 5 nitrogen and oxygen atoms in total. The number of hydrogen-bond donors (Lipinski definition) is 1. The first kappa shape index (κ1) is 17.1. The SMILES string of the molecule is O=C(Nc1nc(-c2ccc3c(c2)OCCO3)cs1)c1ccc(Cl)c(Cl)c1. The van der Waals surface area contributed by atoms with Gasteiger partial charge in [-0.2, -0.15) is 0 Å². The molecular weight excluding hydrogens is 395 g/mol. The Morgan fingerprint density at radius 1 is 1.04 bits per heavy atom. The number of thiazole rings is 1.